The first-order valence-corrected chi connectivity index (χ1v) is 8.33. The lowest BCUT2D eigenvalue weighted by atomic mass is 10.2. The molecular formula is C18H22N4O3. The molecule has 2 heterocycles. The lowest BCUT2D eigenvalue weighted by Crippen LogP contribution is -2.50. The Morgan fingerprint density at radius 2 is 1.80 bits per heavy atom. The predicted molar refractivity (Wildman–Crippen MR) is 93.4 cm³/mol. The van der Waals surface area contributed by atoms with Crippen LogP contribution >= 0.6 is 0 Å². The van der Waals surface area contributed by atoms with E-state index in [1.807, 2.05) is 36.1 Å². The van der Waals surface area contributed by atoms with Crippen molar-refractivity contribution in [3.63, 3.8) is 0 Å². The van der Waals surface area contributed by atoms with E-state index in [9.17, 15) is 9.59 Å². The third kappa shape index (κ3) is 4.45. The summed E-state index contributed by atoms with van der Waals surface area (Å²) in [5, 5.41) is 6.64. The first-order valence-electron chi connectivity index (χ1n) is 8.33. The molecular weight excluding hydrogens is 320 g/mol. The van der Waals surface area contributed by atoms with Gasteiger partial charge in [-0.2, -0.15) is 0 Å². The van der Waals surface area contributed by atoms with Gasteiger partial charge in [-0.25, -0.2) is 0 Å². The van der Waals surface area contributed by atoms with Crippen LogP contribution < -0.4 is 5.32 Å². The minimum absolute atomic E-state index is 0.0468. The third-order valence-corrected chi connectivity index (χ3v) is 4.20. The van der Waals surface area contributed by atoms with Gasteiger partial charge in [0.2, 0.25) is 11.7 Å². The molecule has 7 nitrogen and oxygen atoms in total. The molecule has 1 aliphatic heterocycles. The molecule has 0 atom stereocenters. The molecule has 0 saturated carbocycles. The van der Waals surface area contributed by atoms with Crippen molar-refractivity contribution in [2.24, 2.45) is 0 Å². The number of anilines is 1. The van der Waals surface area contributed by atoms with Crippen LogP contribution in [0.15, 0.2) is 34.9 Å². The zero-order valence-electron chi connectivity index (χ0n) is 14.5. The topological polar surface area (TPSA) is 78.7 Å². The van der Waals surface area contributed by atoms with E-state index in [-0.39, 0.29) is 17.6 Å². The quantitative estimate of drug-likeness (QED) is 0.915. The number of nitrogens with zero attached hydrogens (tertiary/aromatic N) is 3. The van der Waals surface area contributed by atoms with Gasteiger partial charge in [0.05, 0.1) is 12.2 Å². The number of hydrogen-bond acceptors (Lipinski definition) is 5. The average molecular weight is 342 g/mol. The maximum Gasteiger partial charge on any atom is 0.292 e. The SMILES string of the molecule is Cc1ccc(NC(=O)CN2CCN(C(=O)c3cc(C)no3)CC2)cc1. The van der Waals surface area contributed by atoms with Crippen LogP contribution in [-0.4, -0.2) is 59.5 Å². The minimum Gasteiger partial charge on any atom is -0.351 e. The molecule has 7 heteroatoms. The van der Waals surface area contributed by atoms with Crippen LogP contribution in [0.2, 0.25) is 0 Å². The fraction of sp³-hybridized carbons (Fsp3) is 0.389. The highest BCUT2D eigenvalue weighted by Crippen LogP contribution is 2.11. The average Bonchev–Trinajstić information content (AvgIpc) is 3.03. The Kier molecular flexibility index (Phi) is 5.14. The Labute approximate surface area is 146 Å². The zero-order valence-corrected chi connectivity index (χ0v) is 14.5. The number of piperazine rings is 1. The van der Waals surface area contributed by atoms with Crippen LogP contribution in [0.25, 0.3) is 0 Å². The summed E-state index contributed by atoms with van der Waals surface area (Å²) in [7, 11) is 0. The summed E-state index contributed by atoms with van der Waals surface area (Å²) in [5.41, 5.74) is 2.64. The Morgan fingerprint density at radius 1 is 1.12 bits per heavy atom. The van der Waals surface area contributed by atoms with Gasteiger partial charge in [-0.15, -0.1) is 0 Å². The van der Waals surface area contributed by atoms with Crippen LogP contribution in [0.3, 0.4) is 0 Å². The van der Waals surface area contributed by atoms with Crippen LogP contribution in [0.4, 0.5) is 5.69 Å². The molecule has 132 valence electrons. The van der Waals surface area contributed by atoms with Crippen molar-refractivity contribution in [1.29, 1.82) is 0 Å². The van der Waals surface area contributed by atoms with Gasteiger partial charge in [0, 0.05) is 37.9 Å². The summed E-state index contributed by atoms with van der Waals surface area (Å²) >= 11 is 0. The van der Waals surface area contributed by atoms with Gasteiger partial charge in [0.15, 0.2) is 0 Å². The number of carbonyl (C=O) groups is 2. The molecule has 2 amide bonds. The fourth-order valence-electron chi connectivity index (χ4n) is 2.77. The molecule has 1 N–H and O–H groups in total. The highest BCUT2D eigenvalue weighted by Gasteiger charge is 2.25. The maximum atomic E-state index is 12.3. The first-order chi connectivity index (χ1) is 12.0. The van der Waals surface area contributed by atoms with Gasteiger partial charge in [-0.05, 0) is 26.0 Å². The largest absolute Gasteiger partial charge is 0.351 e. The van der Waals surface area contributed by atoms with E-state index in [2.05, 4.69) is 10.5 Å². The molecule has 0 aliphatic carbocycles. The molecule has 0 radical (unpaired) electrons. The Bertz CT molecular complexity index is 746. The number of rotatable bonds is 4. The second-order valence-corrected chi connectivity index (χ2v) is 6.32. The van der Waals surface area contributed by atoms with Crippen molar-refractivity contribution in [3.05, 3.63) is 47.3 Å². The van der Waals surface area contributed by atoms with Crippen LogP contribution in [0, 0.1) is 13.8 Å². The molecule has 2 aromatic rings. The van der Waals surface area contributed by atoms with Gasteiger partial charge in [-0.3, -0.25) is 14.5 Å². The summed E-state index contributed by atoms with van der Waals surface area (Å²) in [4.78, 5) is 28.2. The summed E-state index contributed by atoms with van der Waals surface area (Å²) in [6.45, 7) is 6.54. The lowest BCUT2D eigenvalue weighted by Gasteiger charge is -2.33. The number of amides is 2. The third-order valence-electron chi connectivity index (χ3n) is 4.20. The van der Waals surface area contributed by atoms with E-state index in [1.165, 1.54) is 0 Å². The fourth-order valence-corrected chi connectivity index (χ4v) is 2.77. The molecule has 1 fully saturated rings. The first kappa shape index (κ1) is 17.2. The van der Waals surface area contributed by atoms with Gasteiger partial charge >= 0.3 is 0 Å². The predicted octanol–water partition coefficient (Wildman–Crippen LogP) is 1.69. The highest BCUT2D eigenvalue weighted by atomic mass is 16.5. The van der Waals surface area contributed by atoms with Gasteiger partial charge < -0.3 is 14.7 Å². The number of carbonyl (C=O) groups excluding carboxylic acids is 2. The Morgan fingerprint density at radius 3 is 2.40 bits per heavy atom. The summed E-state index contributed by atoms with van der Waals surface area (Å²) in [6, 6.07) is 9.35. The summed E-state index contributed by atoms with van der Waals surface area (Å²) in [6.07, 6.45) is 0. The van der Waals surface area contributed by atoms with E-state index >= 15 is 0 Å². The molecule has 1 saturated heterocycles. The molecule has 25 heavy (non-hydrogen) atoms. The molecule has 1 aliphatic rings. The standard InChI is InChI=1S/C18H22N4O3/c1-13-3-5-15(6-4-13)19-17(23)12-21-7-9-22(10-8-21)18(24)16-11-14(2)20-25-16/h3-6,11H,7-10,12H2,1-2H3,(H,19,23). The summed E-state index contributed by atoms with van der Waals surface area (Å²) < 4.78 is 5.03. The minimum atomic E-state index is -0.149. The van der Waals surface area contributed by atoms with E-state index in [1.54, 1.807) is 17.9 Å². The van der Waals surface area contributed by atoms with Crippen LogP contribution in [-0.2, 0) is 4.79 Å². The van der Waals surface area contributed by atoms with Gasteiger partial charge in [0.1, 0.15) is 0 Å². The van der Waals surface area contributed by atoms with Crippen molar-refractivity contribution < 1.29 is 14.1 Å². The number of benzene rings is 1. The summed E-state index contributed by atoms with van der Waals surface area (Å²) in [5.74, 6) is 0.0712. The molecule has 0 bridgehead atoms. The van der Waals surface area contributed by atoms with E-state index < -0.39 is 0 Å². The zero-order chi connectivity index (χ0) is 17.8. The van der Waals surface area contributed by atoms with Gasteiger partial charge in [0.25, 0.3) is 5.91 Å². The van der Waals surface area contributed by atoms with E-state index in [4.69, 9.17) is 4.52 Å². The number of aromatic nitrogens is 1. The Hall–Kier alpha value is -2.67. The van der Waals surface area contributed by atoms with Crippen molar-refractivity contribution in [2.75, 3.05) is 38.0 Å². The smallest absolute Gasteiger partial charge is 0.292 e. The number of nitrogens with one attached hydrogen (secondary N) is 1. The second-order valence-electron chi connectivity index (χ2n) is 6.32. The number of aryl methyl sites for hydroxylation is 2. The van der Waals surface area contributed by atoms with Gasteiger partial charge in [-0.1, -0.05) is 22.9 Å². The monoisotopic (exact) mass is 342 g/mol. The molecule has 0 unspecified atom stereocenters. The van der Waals surface area contributed by atoms with E-state index in [0.29, 0.717) is 38.4 Å². The molecule has 0 spiro atoms. The number of hydrogen-bond donors (Lipinski definition) is 1. The van der Waals surface area contributed by atoms with Crippen molar-refractivity contribution in [3.8, 4) is 0 Å². The van der Waals surface area contributed by atoms with E-state index in [0.717, 1.165) is 11.3 Å². The second kappa shape index (κ2) is 7.48. The molecule has 1 aromatic heterocycles. The maximum absolute atomic E-state index is 12.3. The van der Waals surface area contributed by atoms with Crippen molar-refractivity contribution >= 4 is 17.5 Å². The highest BCUT2D eigenvalue weighted by molar-refractivity contribution is 5.92. The van der Waals surface area contributed by atoms with Crippen molar-refractivity contribution in [1.82, 2.24) is 15.0 Å². The van der Waals surface area contributed by atoms with Crippen LogP contribution in [0.1, 0.15) is 21.8 Å². The molecule has 3 rings (SSSR count). The normalized spacial score (nSPS) is 15.2. The van der Waals surface area contributed by atoms with Crippen molar-refractivity contribution in [2.45, 2.75) is 13.8 Å². The Balaban J connectivity index is 1.46. The lowest BCUT2D eigenvalue weighted by molar-refractivity contribution is -0.117. The molecule has 1 aromatic carbocycles. The van der Waals surface area contributed by atoms with Crippen LogP contribution in [0.5, 0.6) is 0 Å².